The molecule has 2 aliphatic heterocycles. The van der Waals surface area contributed by atoms with Gasteiger partial charge in [0.05, 0.1) is 10.4 Å². The number of carbonyl (C=O) groups excluding carboxylic acids is 2. The average molecular weight is 529 g/mol. The van der Waals surface area contributed by atoms with E-state index in [-0.39, 0.29) is 21.8 Å². The zero-order chi connectivity index (χ0) is 25.6. The Balaban J connectivity index is 1.43. The van der Waals surface area contributed by atoms with Gasteiger partial charge in [-0.3, -0.25) is 9.59 Å². The minimum absolute atomic E-state index is 0.0441. The highest BCUT2D eigenvalue weighted by Crippen LogP contribution is 2.46. The lowest BCUT2D eigenvalue weighted by molar-refractivity contribution is -0.126. The van der Waals surface area contributed by atoms with Gasteiger partial charge in [-0.15, -0.1) is 0 Å². The van der Waals surface area contributed by atoms with E-state index in [0.29, 0.717) is 37.2 Å². The number of pyridine rings is 1. The van der Waals surface area contributed by atoms with E-state index in [1.54, 1.807) is 24.1 Å². The van der Waals surface area contributed by atoms with Crippen molar-refractivity contribution < 1.29 is 18.7 Å². The molecular formula is C26H23Cl2FN4O3. The topological polar surface area (TPSA) is 97.5 Å². The molecule has 2 aliphatic rings. The van der Waals surface area contributed by atoms with Gasteiger partial charge < -0.3 is 20.7 Å². The van der Waals surface area contributed by atoms with Gasteiger partial charge >= 0.3 is 0 Å². The van der Waals surface area contributed by atoms with Crippen LogP contribution in [0, 0.1) is 5.82 Å². The van der Waals surface area contributed by atoms with Crippen molar-refractivity contribution in [2.45, 2.75) is 31.3 Å². The normalized spacial score (nSPS) is 17.0. The van der Waals surface area contributed by atoms with Crippen molar-refractivity contribution in [3.8, 4) is 16.9 Å². The Labute approximate surface area is 217 Å². The smallest absolute Gasteiger partial charge is 0.235 e. The van der Waals surface area contributed by atoms with E-state index in [1.807, 2.05) is 18.2 Å². The molecule has 3 heterocycles. The van der Waals surface area contributed by atoms with Crippen LogP contribution in [0.2, 0.25) is 10.0 Å². The number of nitrogens with two attached hydrogens (primary N) is 1. The summed E-state index contributed by atoms with van der Waals surface area (Å²) in [5, 5.41) is 3.18. The van der Waals surface area contributed by atoms with Crippen molar-refractivity contribution in [2.75, 3.05) is 24.1 Å². The number of amides is 2. The van der Waals surface area contributed by atoms with Crippen molar-refractivity contribution in [1.29, 1.82) is 0 Å². The van der Waals surface area contributed by atoms with Crippen molar-refractivity contribution in [1.82, 2.24) is 9.88 Å². The molecule has 5 rings (SSSR count). The monoisotopic (exact) mass is 528 g/mol. The molecule has 3 aromatic rings. The fraction of sp³-hybridized carbons (Fsp3) is 0.269. The molecule has 1 spiro atoms. The number of ether oxygens (including phenoxy) is 1. The van der Waals surface area contributed by atoms with Gasteiger partial charge in [-0.2, -0.15) is 0 Å². The fourth-order valence-corrected chi connectivity index (χ4v) is 5.67. The molecule has 1 atom stereocenters. The third-order valence-corrected chi connectivity index (χ3v) is 7.74. The third kappa shape index (κ3) is 4.04. The Kier molecular flexibility index (Phi) is 6.26. The number of hydrogen-bond donors (Lipinski definition) is 2. The lowest BCUT2D eigenvalue weighted by atomic mass is 9.73. The fourth-order valence-electron chi connectivity index (χ4n) is 4.99. The van der Waals surface area contributed by atoms with Crippen LogP contribution in [0.4, 0.5) is 15.9 Å². The van der Waals surface area contributed by atoms with Gasteiger partial charge in [0, 0.05) is 41.1 Å². The van der Waals surface area contributed by atoms with Gasteiger partial charge in [0.2, 0.25) is 12.3 Å². The van der Waals surface area contributed by atoms with Gasteiger partial charge in [-0.1, -0.05) is 35.3 Å². The van der Waals surface area contributed by atoms with Gasteiger partial charge in [0.15, 0.2) is 11.6 Å². The first-order valence-corrected chi connectivity index (χ1v) is 12.2. The molecule has 0 bridgehead atoms. The molecule has 7 nitrogen and oxygen atoms in total. The summed E-state index contributed by atoms with van der Waals surface area (Å²) in [5.41, 5.74) is 8.95. The van der Waals surface area contributed by atoms with Crippen LogP contribution in [-0.4, -0.2) is 35.3 Å². The number of anilines is 2. The Hall–Kier alpha value is -3.36. The summed E-state index contributed by atoms with van der Waals surface area (Å²) in [6.07, 6.45) is 2.90. The number of likely N-dealkylation sites (tertiary alicyclic amines) is 1. The van der Waals surface area contributed by atoms with Gasteiger partial charge in [-0.05, 0) is 55.2 Å². The number of fused-ring (bicyclic) bond motifs is 2. The van der Waals surface area contributed by atoms with Crippen molar-refractivity contribution >= 4 is 47.0 Å². The summed E-state index contributed by atoms with van der Waals surface area (Å²) in [6.45, 7) is 2.77. The largest absolute Gasteiger partial charge is 0.482 e. The van der Waals surface area contributed by atoms with Crippen molar-refractivity contribution in [3.63, 3.8) is 0 Å². The molecule has 1 aromatic heterocycles. The van der Waals surface area contributed by atoms with Gasteiger partial charge in [0.25, 0.3) is 0 Å². The molecule has 0 unspecified atom stereocenters. The summed E-state index contributed by atoms with van der Waals surface area (Å²) < 4.78 is 20.0. The van der Waals surface area contributed by atoms with E-state index < -0.39 is 17.3 Å². The van der Waals surface area contributed by atoms with Crippen LogP contribution in [0.25, 0.3) is 11.1 Å². The summed E-state index contributed by atoms with van der Waals surface area (Å²) in [7, 11) is 0. The lowest BCUT2D eigenvalue weighted by Crippen LogP contribution is -2.45. The molecule has 2 aromatic carbocycles. The maximum absolute atomic E-state index is 14.0. The first-order valence-electron chi connectivity index (χ1n) is 11.4. The molecule has 1 fully saturated rings. The van der Waals surface area contributed by atoms with Crippen LogP contribution in [0.15, 0.2) is 42.6 Å². The minimum atomic E-state index is -0.698. The number of piperidine rings is 1. The second kappa shape index (κ2) is 9.26. The molecule has 0 saturated carbocycles. The van der Waals surface area contributed by atoms with E-state index in [0.717, 1.165) is 28.8 Å². The summed E-state index contributed by atoms with van der Waals surface area (Å²) in [5.74, 6) is -0.193. The molecular weight excluding hydrogens is 506 g/mol. The molecule has 3 N–H and O–H groups in total. The third-order valence-electron chi connectivity index (χ3n) is 7.02. The number of nitrogens with zero attached hydrogens (tertiary/aromatic N) is 2. The van der Waals surface area contributed by atoms with Gasteiger partial charge in [-0.25, -0.2) is 9.37 Å². The summed E-state index contributed by atoms with van der Waals surface area (Å²) in [6, 6.07) is 10.1. The highest BCUT2D eigenvalue weighted by Gasteiger charge is 2.48. The van der Waals surface area contributed by atoms with Crippen LogP contribution in [0.5, 0.6) is 5.75 Å². The zero-order valence-corrected chi connectivity index (χ0v) is 20.9. The van der Waals surface area contributed by atoms with E-state index in [1.165, 1.54) is 12.1 Å². The quantitative estimate of drug-likeness (QED) is 0.343. The predicted octanol–water partition coefficient (Wildman–Crippen LogP) is 5.36. The number of benzene rings is 2. The van der Waals surface area contributed by atoms with Crippen LogP contribution >= 0.6 is 23.2 Å². The number of hydrogen-bond acceptors (Lipinski definition) is 5. The Morgan fingerprint density at radius 3 is 2.67 bits per heavy atom. The molecule has 1 saturated heterocycles. The number of nitrogen functional groups attached to an aromatic ring is 1. The van der Waals surface area contributed by atoms with Crippen molar-refractivity contribution in [2.24, 2.45) is 0 Å². The molecule has 0 aliphatic carbocycles. The van der Waals surface area contributed by atoms with E-state index in [2.05, 4.69) is 10.3 Å². The van der Waals surface area contributed by atoms with Crippen LogP contribution in [0.1, 0.15) is 37.0 Å². The van der Waals surface area contributed by atoms with E-state index in [9.17, 15) is 14.0 Å². The number of rotatable bonds is 5. The van der Waals surface area contributed by atoms with Gasteiger partial charge in [0.1, 0.15) is 11.9 Å². The summed E-state index contributed by atoms with van der Waals surface area (Å²) in [4.78, 5) is 30.0. The minimum Gasteiger partial charge on any atom is -0.482 e. The number of aromatic nitrogens is 1. The Morgan fingerprint density at radius 1 is 1.19 bits per heavy atom. The maximum atomic E-state index is 14.0. The summed E-state index contributed by atoms with van der Waals surface area (Å²) >= 11 is 12.4. The van der Waals surface area contributed by atoms with E-state index in [4.69, 9.17) is 33.7 Å². The highest BCUT2D eigenvalue weighted by atomic mass is 35.5. The van der Waals surface area contributed by atoms with Crippen LogP contribution in [0.3, 0.4) is 0 Å². The second-order valence-electron chi connectivity index (χ2n) is 9.06. The lowest BCUT2D eigenvalue weighted by Gasteiger charge is -2.36. The Morgan fingerprint density at radius 2 is 1.94 bits per heavy atom. The SMILES string of the molecule is C[C@@H](Oc1cc(-c2ccc3c(c2)NC(=O)C32CCN(C=O)CC2)cnc1N)c1c(Cl)ccc(F)c1Cl. The second-order valence-corrected chi connectivity index (χ2v) is 9.85. The standard InChI is InChI=1S/C26H23Cl2FN4O3/c1-14(22-18(27)4-5-19(29)23(22)28)36-21-11-16(12-31-24(21)30)15-2-3-17-20(10-15)32-25(35)26(17)6-8-33(13-34)9-7-26/h2-5,10-14H,6-9H2,1H3,(H2,30,31)(H,32,35)/t14-/m1/s1. The Bertz CT molecular complexity index is 1380. The first-order chi connectivity index (χ1) is 17.2. The number of nitrogens with one attached hydrogen (secondary N) is 1. The molecule has 10 heteroatoms. The average Bonchev–Trinajstić information content (AvgIpc) is 3.13. The number of halogens is 3. The maximum Gasteiger partial charge on any atom is 0.235 e. The first kappa shape index (κ1) is 24.3. The molecule has 2 amide bonds. The van der Waals surface area contributed by atoms with E-state index >= 15 is 0 Å². The van der Waals surface area contributed by atoms with Crippen LogP contribution < -0.4 is 15.8 Å². The predicted molar refractivity (Wildman–Crippen MR) is 137 cm³/mol. The van der Waals surface area contributed by atoms with Crippen molar-refractivity contribution in [3.05, 3.63) is 69.6 Å². The number of carbonyl (C=O) groups is 2. The highest BCUT2D eigenvalue weighted by molar-refractivity contribution is 6.36. The molecule has 36 heavy (non-hydrogen) atoms. The molecule has 0 radical (unpaired) electrons. The molecule has 186 valence electrons. The zero-order valence-electron chi connectivity index (χ0n) is 19.4. The van der Waals surface area contributed by atoms with Crippen LogP contribution in [-0.2, 0) is 15.0 Å².